The molecule has 0 radical (unpaired) electrons. The molecule has 1 rings (SSSR count). The summed E-state index contributed by atoms with van der Waals surface area (Å²) in [5.41, 5.74) is 5.12. The second-order valence-corrected chi connectivity index (χ2v) is 4.46. The number of rotatable bonds is 6. The molecule has 0 amide bonds. The summed E-state index contributed by atoms with van der Waals surface area (Å²) in [6, 6.07) is 0. The van der Waals surface area contributed by atoms with Crippen molar-refractivity contribution >= 4 is 5.84 Å². The van der Waals surface area contributed by atoms with E-state index in [-0.39, 0.29) is 11.3 Å². The van der Waals surface area contributed by atoms with Gasteiger partial charge in [0, 0.05) is 19.5 Å². The van der Waals surface area contributed by atoms with Gasteiger partial charge in [0.2, 0.25) is 0 Å². The minimum atomic E-state index is -4.60. The Hall–Kier alpha value is -1.02. The summed E-state index contributed by atoms with van der Waals surface area (Å²) in [4.78, 5) is 0. The number of aliphatic hydroxyl groups is 1. The maximum atomic E-state index is 12.0. The van der Waals surface area contributed by atoms with Gasteiger partial charge in [0.15, 0.2) is 6.10 Å². The van der Waals surface area contributed by atoms with Gasteiger partial charge < -0.3 is 21.4 Å². The van der Waals surface area contributed by atoms with Crippen molar-refractivity contribution in [3.8, 4) is 0 Å². The Balaban J connectivity index is 2.27. The van der Waals surface area contributed by atoms with Gasteiger partial charge >= 0.3 is 6.18 Å². The first-order valence-electron chi connectivity index (χ1n) is 5.21. The first kappa shape index (κ1) is 14.0. The van der Waals surface area contributed by atoms with Crippen LogP contribution in [-0.2, 0) is 0 Å². The van der Waals surface area contributed by atoms with Crippen LogP contribution in [0.25, 0.3) is 0 Å². The zero-order chi connectivity index (χ0) is 13.1. The van der Waals surface area contributed by atoms with Crippen molar-refractivity contribution in [3.05, 3.63) is 0 Å². The summed E-state index contributed by atoms with van der Waals surface area (Å²) in [5, 5.41) is 22.6. The van der Waals surface area contributed by atoms with Crippen LogP contribution < -0.4 is 11.1 Å². The number of nitrogens with zero attached hydrogens (tertiary/aromatic N) is 1. The van der Waals surface area contributed by atoms with Crippen LogP contribution in [0, 0.1) is 5.41 Å². The molecule has 1 atom stereocenters. The van der Waals surface area contributed by atoms with Crippen LogP contribution >= 0.6 is 0 Å². The molecular formula is C9H16F3N3O2. The van der Waals surface area contributed by atoms with Crippen LogP contribution in [0.3, 0.4) is 0 Å². The minimum Gasteiger partial charge on any atom is -0.409 e. The Morgan fingerprint density at radius 1 is 1.47 bits per heavy atom. The number of aliphatic hydroxyl groups excluding tert-OH is 1. The van der Waals surface area contributed by atoms with Crippen LogP contribution in [0.5, 0.6) is 0 Å². The molecule has 1 fully saturated rings. The number of nitrogens with one attached hydrogen (secondary N) is 1. The molecule has 100 valence electrons. The molecule has 5 nitrogen and oxygen atoms in total. The van der Waals surface area contributed by atoms with E-state index in [2.05, 4.69) is 10.5 Å². The molecule has 8 heteroatoms. The zero-order valence-corrected chi connectivity index (χ0v) is 9.17. The molecule has 0 aromatic carbocycles. The lowest BCUT2D eigenvalue weighted by molar-refractivity contribution is -0.201. The van der Waals surface area contributed by atoms with E-state index in [4.69, 9.17) is 16.0 Å². The van der Waals surface area contributed by atoms with Crippen molar-refractivity contribution in [3.63, 3.8) is 0 Å². The van der Waals surface area contributed by atoms with E-state index in [0.29, 0.717) is 13.0 Å². The van der Waals surface area contributed by atoms with Crippen LogP contribution in [0.4, 0.5) is 13.2 Å². The van der Waals surface area contributed by atoms with Gasteiger partial charge in [-0.1, -0.05) is 5.16 Å². The third-order valence-corrected chi connectivity index (χ3v) is 2.86. The number of amidine groups is 1. The Bertz CT molecular complexity index is 290. The summed E-state index contributed by atoms with van der Waals surface area (Å²) in [6.45, 7) is -0.224. The molecule has 0 aromatic rings. The van der Waals surface area contributed by atoms with Crippen LogP contribution in [0.15, 0.2) is 5.16 Å². The quantitative estimate of drug-likeness (QED) is 0.239. The fraction of sp³-hybridized carbons (Fsp3) is 0.889. The molecule has 0 bridgehead atoms. The Labute approximate surface area is 96.5 Å². The number of oxime groups is 1. The molecule has 0 spiro atoms. The molecule has 1 aliphatic carbocycles. The summed E-state index contributed by atoms with van der Waals surface area (Å²) in [5.74, 6) is 0.0701. The fourth-order valence-corrected chi connectivity index (χ4v) is 1.60. The lowest BCUT2D eigenvalue weighted by atomic mass is 10.0. The average molecular weight is 255 g/mol. The third-order valence-electron chi connectivity index (χ3n) is 2.86. The maximum Gasteiger partial charge on any atom is 0.415 e. The molecule has 5 N–H and O–H groups in total. The summed E-state index contributed by atoms with van der Waals surface area (Å²) < 4.78 is 36.0. The largest absolute Gasteiger partial charge is 0.415 e. The van der Waals surface area contributed by atoms with Crippen LogP contribution in [0.1, 0.15) is 19.3 Å². The van der Waals surface area contributed by atoms with E-state index in [0.717, 1.165) is 12.8 Å². The second kappa shape index (κ2) is 5.09. The van der Waals surface area contributed by atoms with Crippen LogP contribution in [-0.4, -0.2) is 41.5 Å². The predicted molar refractivity (Wildman–Crippen MR) is 54.6 cm³/mol. The highest BCUT2D eigenvalue weighted by atomic mass is 19.4. The Morgan fingerprint density at radius 3 is 2.47 bits per heavy atom. The van der Waals surface area contributed by atoms with Gasteiger partial charge in [-0.15, -0.1) is 0 Å². The van der Waals surface area contributed by atoms with Gasteiger partial charge in [-0.25, -0.2) is 0 Å². The summed E-state index contributed by atoms with van der Waals surface area (Å²) >= 11 is 0. The molecule has 0 aromatic heterocycles. The summed E-state index contributed by atoms with van der Waals surface area (Å²) in [6.07, 6.45) is -4.98. The molecule has 0 aliphatic heterocycles. The smallest absolute Gasteiger partial charge is 0.409 e. The standard InChI is InChI=1S/C9H16F3N3O2/c10-9(11,12)6(16)4-14-5-8(1-2-8)3-7(13)15-17/h6,14,16-17H,1-5H2,(H2,13,15). The normalized spacial score (nSPS) is 21.3. The summed E-state index contributed by atoms with van der Waals surface area (Å²) in [7, 11) is 0. The third kappa shape index (κ3) is 4.39. The van der Waals surface area contributed by atoms with Crippen molar-refractivity contribution in [2.24, 2.45) is 16.3 Å². The maximum absolute atomic E-state index is 12.0. The number of halogens is 3. The molecule has 17 heavy (non-hydrogen) atoms. The number of hydrogen-bond acceptors (Lipinski definition) is 4. The average Bonchev–Trinajstić information content (AvgIpc) is 2.96. The van der Waals surface area contributed by atoms with Crippen LogP contribution in [0.2, 0.25) is 0 Å². The van der Waals surface area contributed by atoms with Crippen molar-refractivity contribution in [2.75, 3.05) is 13.1 Å². The van der Waals surface area contributed by atoms with Gasteiger partial charge in [0.1, 0.15) is 5.84 Å². The lowest BCUT2D eigenvalue weighted by Gasteiger charge is -2.18. The van der Waals surface area contributed by atoms with Gasteiger partial charge in [-0.05, 0) is 18.3 Å². The monoisotopic (exact) mass is 255 g/mol. The molecule has 1 saturated carbocycles. The number of hydrogen-bond donors (Lipinski definition) is 4. The predicted octanol–water partition coefficient (Wildman–Crippen LogP) is 0.416. The van der Waals surface area contributed by atoms with E-state index in [1.54, 1.807) is 0 Å². The van der Waals surface area contributed by atoms with Crippen molar-refractivity contribution < 1.29 is 23.5 Å². The molecule has 0 saturated heterocycles. The van der Waals surface area contributed by atoms with E-state index in [1.165, 1.54) is 0 Å². The van der Waals surface area contributed by atoms with Gasteiger partial charge in [0.05, 0.1) is 0 Å². The Kier molecular flexibility index (Phi) is 4.21. The van der Waals surface area contributed by atoms with Crippen molar-refractivity contribution in [1.29, 1.82) is 0 Å². The highest BCUT2D eigenvalue weighted by Crippen LogP contribution is 2.48. The first-order valence-corrected chi connectivity index (χ1v) is 5.21. The Morgan fingerprint density at radius 2 is 2.06 bits per heavy atom. The first-order chi connectivity index (χ1) is 7.79. The minimum absolute atomic E-state index is 0.0701. The van der Waals surface area contributed by atoms with E-state index in [1.807, 2.05) is 0 Å². The van der Waals surface area contributed by atoms with Gasteiger partial charge in [-0.2, -0.15) is 13.2 Å². The molecule has 1 aliphatic rings. The lowest BCUT2D eigenvalue weighted by Crippen LogP contribution is -2.40. The number of alkyl halides is 3. The highest BCUT2D eigenvalue weighted by molar-refractivity contribution is 5.80. The van der Waals surface area contributed by atoms with Crippen molar-refractivity contribution in [2.45, 2.75) is 31.5 Å². The SMILES string of the molecule is NC(CC1(CNCC(O)C(F)(F)F)CC1)=NO. The topological polar surface area (TPSA) is 90.9 Å². The fourth-order valence-electron chi connectivity index (χ4n) is 1.60. The molecule has 1 unspecified atom stereocenters. The van der Waals surface area contributed by atoms with E-state index in [9.17, 15) is 13.2 Å². The highest BCUT2D eigenvalue weighted by Gasteiger charge is 2.44. The van der Waals surface area contributed by atoms with E-state index < -0.39 is 18.8 Å². The zero-order valence-electron chi connectivity index (χ0n) is 9.17. The number of nitrogens with two attached hydrogens (primary N) is 1. The van der Waals surface area contributed by atoms with Crippen molar-refractivity contribution in [1.82, 2.24) is 5.32 Å². The molecular weight excluding hydrogens is 239 g/mol. The van der Waals surface area contributed by atoms with E-state index >= 15 is 0 Å². The van der Waals surface area contributed by atoms with Gasteiger partial charge in [0.25, 0.3) is 0 Å². The van der Waals surface area contributed by atoms with Gasteiger partial charge in [-0.3, -0.25) is 0 Å². The molecule has 0 heterocycles. The second-order valence-electron chi connectivity index (χ2n) is 4.46.